The van der Waals surface area contributed by atoms with Crippen LogP contribution in [0.1, 0.15) is 33.1 Å². The predicted octanol–water partition coefficient (Wildman–Crippen LogP) is 2.49. The van der Waals surface area contributed by atoms with Crippen LogP contribution in [0.4, 0.5) is 13.2 Å². The van der Waals surface area contributed by atoms with E-state index in [2.05, 4.69) is 5.32 Å². The highest BCUT2D eigenvalue weighted by Crippen LogP contribution is 2.57. The number of amides is 1. The molecule has 0 radical (unpaired) electrons. The van der Waals surface area contributed by atoms with E-state index in [1.54, 1.807) is 0 Å². The minimum Gasteiger partial charge on any atom is -0.355 e. The molecule has 15 heavy (non-hydrogen) atoms. The molecule has 2 nitrogen and oxygen atoms in total. The van der Waals surface area contributed by atoms with Gasteiger partial charge in [-0.1, -0.05) is 13.8 Å². The van der Waals surface area contributed by atoms with Crippen LogP contribution in [-0.2, 0) is 4.79 Å². The van der Waals surface area contributed by atoms with E-state index in [0.717, 1.165) is 0 Å². The summed E-state index contributed by atoms with van der Waals surface area (Å²) < 4.78 is 37.4. The van der Waals surface area contributed by atoms with Gasteiger partial charge in [0.2, 0.25) is 5.91 Å². The molecule has 0 aromatic carbocycles. The number of hydrogen-bond donors (Lipinski definition) is 1. The third-order valence-electron chi connectivity index (χ3n) is 2.73. The maximum Gasteiger partial charge on any atom is 0.403 e. The Bertz CT molecular complexity index is 244. The van der Waals surface area contributed by atoms with Gasteiger partial charge in [0.05, 0.1) is 0 Å². The van der Waals surface area contributed by atoms with Gasteiger partial charge in [-0.3, -0.25) is 4.79 Å². The molecule has 5 heteroatoms. The van der Waals surface area contributed by atoms with Gasteiger partial charge in [0, 0.05) is 6.54 Å². The molecular weight excluding hydrogens is 207 g/mol. The fraction of sp³-hybridized carbons (Fsp3) is 0.900. The van der Waals surface area contributed by atoms with Gasteiger partial charge in [-0.05, 0) is 25.2 Å². The summed E-state index contributed by atoms with van der Waals surface area (Å²) in [5.74, 6) is -0.470. The Morgan fingerprint density at radius 2 is 1.93 bits per heavy atom. The van der Waals surface area contributed by atoms with Crippen LogP contribution >= 0.6 is 0 Å². The van der Waals surface area contributed by atoms with Crippen molar-refractivity contribution in [1.29, 1.82) is 0 Å². The molecule has 0 aromatic rings. The lowest BCUT2D eigenvalue weighted by Crippen LogP contribution is -2.41. The summed E-state index contributed by atoms with van der Waals surface area (Å²) in [5, 5.41) is 2.36. The Hall–Kier alpha value is -0.740. The largest absolute Gasteiger partial charge is 0.403 e. The summed E-state index contributed by atoms with van der Waals surface area (Å²) in [6.07, 6.45) is -3.82. The zero-order valence-electron chi connectivity index (χ0n) is 8.95. The van der Waals surface area contributed by atoms with Gasteiger partial charge in [0.1, 0.15) is 5.41 Å². The van der Waals surface area contributed by atoms with E-state index >= 15 is 0 Å². The average Bonchev–Trinajstić information content (AvgIpc) is 2.80. The van der Waals surface area contributed by atoms with Crippen LogP contribution in [0.25, 0.3) is 0 Å². The second-order valence-electron chi connectivity index (χ2n) is 4.52. The van der Waals surface area contributed by atoms with E-state index in [1.807, 2.05) is 13.8 Å². The zero-order chi connectivity index (χ0) is 11.7. The zero-order valence-corrected chi connectivity index (χ0v) is 8.95. The normalized spacial score (nSPS) is 19.1. The molecular formula is C10H16F3NO. The Labute approximate surface area is 87.2 Å². The summed E-state index contributed by atoms with van der Waals surface area (Å²) in [6.45, 7) is 4.25. The first kappa shape index (κ1) is 12.3. The van der Waals surface area contributed by atoms with Crippen molar-refractivity contribution < 1.29 is 18.0 Å². The smallest absolute Gasteiger partial charge is 0.355 e. The molecule has 0 heterocycles. The monoisotopic (exact) mass is 223 g/mol. The van der Waals surface area contributed by atoms with E-state index in [1.165, 1.54) is 0 Å². The predicted molar refractivity (Wildman–Crippen MR) is 50.2 cm³/mol. The van der Waals surface area contributed by atoms with Crippen molar-refractivity contribution in [3.8, 4) is 0 Å². The summed E-state index contributed by atoms with van der Waals surface area (Å²) in [5.41, 5.74) is -2.07. The topological polar surface area (TPSA) is 29.1 Å². The molecule has 1 rings (SSSR count). The molecule has 1 aliphatic rings. The van der Waals surface area contributed by atoms with Crippen molar-refractivity contribution in [2.75, 3.05) is 6.54 Å². The SMILES string of the molecule is CC(C)CCNC(=O)C1(C(F)(F)F)CC1. The minimum absolute atomic E-state index is 0.0655. The van der Waals surface area contributed by atoms with Crippen LogP contribution in [-0.4, -0.2) is 18.6 Å². The van der Waals surface area contributed by atoms with Crippen LogP contribution in [0.5, 0.6) is 0 Å². The van der Waals surface area contributed by atoms with Gasteiger partial charge in [-0.15, -0.1) is 0 Å². The number of carbonyl (C=O) groups is 1. The molecule has 1 N–H and O–H groups in total. The molecule has 0 bridgehead atoms. The van der Waals surface area contributed by atoms with Crippen molar-refractivity contribution in [2.45, 2.75) is 39.3 Å². The molecule has 1 fully saturated rings. The Morgan fingerprint density at radius 1 is 1.40 bits per heavy atom. The molecule has 1 saturated carbocycles. The average molecular weight is 223 g/mol. The van der Waals surface area contributed by atoms with Gasteiger partial charge >= 0.3 is 6.18 Å². The molecule has 0 atom stereocenters. The van der Waals surface area contributed by atoms with Gasteiger partial charge in [0.25, 0.3) is 0 Å². The van der Waals surface area contributed by atoms with E-state index in [-0.39, 0.29) is 12.8 Å². The molecule has 0 spiro atoms. The van der Waals surface area contributed by atoms with Gasteiger partial charge in [-0.25, -0.2) is 0 Å². The minimum atomic E-state index is -4.39. The van der Waals surface area contributed by atoms with Gasteiger partial charge in [-0.2, -0.15) is 13.2 Å². The van der Waals surface area contributed by atoms with Crippen LogP contribution < -0.4 is 5.32 Å². The highest BCUT2D eigenvalue weighted by molar-refractivity contribution is 5.86. The van der Waals surface area contributed by atoms with Gasteiger partial charge < -0.3 is 5.32 Å². The third-order valence-corrected chi connectivity index (χ3v) is 2.73. The highest BCUT2D eigenvalue weighted by Gasteiger charge is 2.68. The lowest BCUT2D eigenvalue weighted by atomic mass is 10.1. The van der Waals surface area contributed by atoms with Crippen LogP contribution in [0.3, 0.4) is 0 Å². The van der Waals surface area contributed by atoms with Crippen LogP contribution in [0, 0.1) is 11.3 Å². The molecule has 1 amide bonds. The van der Waals surface area contributed by atoms with Crippen molar-refractivity contribution in [1.82, 2.24) is 5.32 Å². The van der Waals surface area contributed by atoms with E-state index in [4.69, 9.17) is 0 Å². The Morgan fingerprint density at radius 3 is 2.27 bits per heavy atom. The van der Waals surface area contributed by atoms with E-state index in [0.29, 0.717) is 18.9 Å². The maximum absolute atomic E-state index is 12.5. The fourth-order valence-electron chi connectivity index (χ4n) is 1.41. The number of carbonyl (C=O) groups excluding carboxylic acids is 1. The standard InChI is InChI=1S/C10H16F3NO/c1-7(2)3-6-14-8(15)9(4-5-9)10(11,12)13/h7H,3-6H2,1-2H3,(H,14,15). The third kappa shape index (κ3) is 2.63. The quantitative estimate of drug-likeness (QED) is 0.779. The first-order valence-electron chi connectivity index (χ1n) is 5.14. The molecule has 0 saturated heterocycles. The molecule has 0 aliphatic heterocycles. The fourth-order valence-corrected chi connectivity index (χ4v) is 1.41. The van der Waals surface area contributed by atoms with Crippen molar-refractivity contribution in [2.24, 2.45) is 11.3 Å². The van der Waals surface area contributed by atoms with E-state index in [9.17, 15) is 18.0 Å². The number of nitrogens with one attached hydrogen (secondary N) is 1. The van der Waals surface area contributed by atoms with Gasteiger partial charge in [0.15, 0.2) is 0 Å². The van der Waals surface area contributed by atoms with E-state index < -0.39 is 17.5 Å². The molecule has 1 aliphatic carbocycles. The molecule has 88 valence electrons. The number of rotatable bonds is 4. The number of alkyl halides is 3. The Balaban J connectivity index is 2.41. The second-order valence-corrected chi connectivity index (χ2v) is 4.52. The van der Waals surface area contributed by atoms with Crippen molar-refractivity contribution >= 4 is 5.91 Å². The molecule has 0 aromatic heterocycles. The lowest BCUT2D eigenvalue weighted by Gasteiger charge is -2.18. The summed E-state index contributed by atoms with van der Waals surface area (Å²) in [7, 11) is 0. The first-order chi connectivity index (χ1) is 6.79. The summed E-state index contributed by atoms with van der Waals surface area (Å²) in [4.78, 5) is 11.3. The highest BCUT2D eigenvalue weighted by atomic mass is 19.4. The first-order valence-corrected chi connectivity index (χ1v) is 5.14. The number of hydrogen-bond acceptors (Lipinski definition) is 1. The van der Waals surface area contributed by atoms with Crippen LogP contribution in [0.2, 0.25) is 0 Å². The maximum atomic E-state index is 12.5. The number of halogens is 3. The Kier molecular flexibility index (Phi) is 3.31. The summed E-state index contributed by atoms with van der Waals surface area (Å²) >= 11 is 0. The summed E-state index contributed by atoms with van der Waals surface area (Å²) in [6, 6.07) is 0. The van der Waals surface area contributed by atoms with Crippen molar-refractivity contribution in [3.05, 3.63) is 0 Å². The van der Waals surface area contributed by atoms with Crippen LogP contribution in [0.15, 0.2) is 0 Å². The lowest BCUT2D eigenvalue weighted by molar-refractivity contribution is -0.192. The second kappa shape index (κ2) is 4.02. The van der Waals surface area contributed by atoms with Crippen molar-refractivity contribution in [3.63, 3.8) is 0 Å². The molecule has 0 unspecified atom stereocenters.